The fourth-order valence-electron chi connectivity index (χ4n) is 6.57. The van der Waals surface area contributed by atoms with Crippen LogP contribution in [0.3, 0.4) is 0 Å². The second kappa shape index (κ2) is 11.8. The molecule has 10 heteroatoms. The molecule has 3 N–H and O–H groups in total. The van der Waals surface area contributed by atoms with Crippen molar-refractivity contribution in [3.63, 3.8) is 0 Å². The molecular formula is C30H41N7O3. The van der Waals surface area contributed by atoms with Gasteiger partial charge in [0.05, 0.1) is 22.9 Å². The van der Waals surface area contributed by atoms with E-state index < -0.39 is 0 Å². The first-order chi connectivity index (χ1) is 19.3. The van der Waals surface area contributed by atoms with Crippen LogP contribution in [0, 0.1) is 12.8 Å². The number of nitrogen functional groups attached to an aromatic ring is 1. The maximum absolute atomic E-state index is 13.3. The Balaban J connectivity index is 0.00000103. The number of carbonyl (C=O) groups excluding carboxylic acids is 1. The Hall–Kier alpha value is -3.66. The van der Waals surface area contributed by atoms with Crippen LogP contribution in [0.5, 0.6) is 0 Å². The summed E-state index contributed by atoms with van der Waals surface area (Å²) in [6, 6.07) is 4.64. The zero-order chi connectivity index (χ0) is 28.3. The summed E-state index contributed by atoms with van der Waals surface area (Å²) in [4.78, 5) is 35.0. The molecule has 2 aliphatic heterocycles. The molecule has 1 amide bonds. The van der Waals surface area contributed by atoms with E-state index in [9.17, 15) is 4.79 Å². The molecule has 0 bridgehead atoms. The summed E-state index contributed by atoms with van der Waals surface area (Å²) >= 11 is 0. The Bertz CT molecular complexity index is 1360. The van der Waals surface area contributed by atoms with Crippen LogP contribution in [-0.2, 0) is 16.9 Å². The smallest absolute Gasteiger partial charge is 0.290 e. The number of nitrogens with two attached hydrogens (primary N) is 1. The lowest BCUT2D eigenvalue weighted by molar-refractivity contribution is -0.122. The molecular weight excluding hydrogens is 506 g/mol. The first-order valence-electron chi connectivity index (χ1n) is 14.4. The molecule has 3 aromatic heterocycles. The van der Waals surface area contributed by atoms with Crippen molar-refractivity contribution in [1.82, 2.24) is 28.9 Å². The highest BCUT2D eigenvalue weighted by Crippen LogP contribution is 2.34. The molecule has 2 fully saturated rings. The normalized spacial score (nSPS) is 21.4. The van der Waals surface area contributed by atoms with E-state index in [0.717, 1.165) is 28.8 Å². The number of allylic oxidation sites excluding steroid dienone is 1. The van der Waals surface area contributed by atoms with Gasteiger partial charge in [0, 0.05) is 43.8 Å². The Morgan fingerprint density at radius 1 is 1.23 bits per heavy atom. The minimum Gasteiger partial charge on any atom is -0.483 e. The molecule has 6 rings (SSSR count). The Labute approximate surface area is 235 Å². The molecule has 2 saturated heterocycles. The van der Waals surface area contributed by atoms with Gasteiger partial charge in [-0.2, -0.15) is 0 Å². The van der Waals surface area contributed by atoms with Gasteiger partial charge in [-0.1, -0.05) is 18.6 Å². The van der Waals surface area contributed by atoms with Crippen molar-refractivity contribution < 1.29 is 14.7 Å². The molecule has 40 heavy (non-hydrogen) atoms. The average Bonchev–Trinajstić information content (AvgIpc) is 3.47. The Morgan fingerprint density at radius 3 is 2.73 bits per heavy atom. The number of carboxylic acid groups (broad SMARTS) is 1. The highest BCUT2D eigenvalue weighted by Gasteiger charge is 2.44. The topological polar surface area (TPSA) is 123 Å². The van der Waals surface area contributed by atoms with E-state index in [1.54, 1.807) is 0 Å². The molecule has 0 unspecified atom stereocenters. The van der Waals surface area contributed by atoms with Gasteiger partial charge in [0.2, 0.25) is 0 Å². The summed E-state index contributed by atoms with van der Waals surface area (Å²) in [5, 5.41) is 6.89. The maximum atomic E-state index is 13.3. The molecule has 0 radical (unpaired) electrons. The number of piperidine rings is 1. The SMILES string of the molecule is Cc1cc2c(ncn2C2(C)CN(C(=O)c3ccn(CC4CCN([C@H]5C=CCCCC5)CC4)c3)C2)c(N)n1.O=CO. The predicted octanol–water partition coefficient (Wildman–Crippen LogP) is 3.91. The number of hydrogen-bond donors (Lipinski definition) is 2. The van der Waals surface area contributed by atoms with E-state index in [-0.39, 0.29) is 17.9 Å². The van der Waals surface area contributed by atoms with E-state index in [2.05, 4.69) is 49.3 Å². The second-order valence-electron chi connectivity index (χ2n) is 11.8. The zero-order valence-electron chi connectivity index (χ0n) is 23.6. The standard InChI is InChI=1S/C29H39N7O.CH2O2/c1-21-15-25-26(27(30)32-21)31-20-36(25)29(2)18-35(19-29)28(37)23-11-12-33(17-23)16-22-9-13-34(14-10-22)24-7-5-3-4-6-8-24;2-1-3/h5,7,11-12,15,17,20,22,24H,3-4,6,8-10,13-14,16,18-19H2,1-2H3,(H2,30,32);1H,(H,2,3)/t24-;/m0./s1. The van der Waals surface area contributed by atoms with Crippen molar-refractivity contribution >= 4 is 29.2 Å². The molecule has 5 heterocycles. The molecule has 1 atom stereocenters. The minimum absolute atomic E-state index is 0.105. The van der Waals surface area contributed by atoms with Gasteiger partial charge in [-0.25, -0.2) is 9.97 Å². The van der Waals surface area contributed by atoms with Crippen molar-refractivity contribution in [2.45, 2.75) is 70.5 Å². The number of carbonyl (C=O) groups is 2. The van der Waals surface area contributed by atoms with Gasteiger partial charge in [-0.05, 0) is 77.1 Å². The summed E-state index contributed by atoms with van der Waals surface area (Å²) < 4.78 is 4.37. The Morgan fingerprint density at radius 2 is 1.98 bits per heavy atom. The zero-order valence-corrected chi connectivity index (χ0v) is 23.6. The molecule has 0 saturated carbocycles. The average molecular weight is 548 g/mol. The number of imidazole rings is 1. The molecule has 3 aromatic rings. The number of pyridine rings is 1. The maximum Gasteiger partial charge on any atom is 0.290 e. The van der Waals surface area contributed by atoms with Crippen molar-refractivity contribution in [3.05, 3.63) is 54.3 Å². The lowest BCUT2D eigenvalue weighted by atomic mass is 9.91. The number of amides is 1. The fraction of sp³-hybridized carbons (Fsp3) is 0.533. The number of nitrogens with zero attached hydrogens (tertiary/aromatic N) is 6. The number of aryl methyl sites for hydroxylation is 1. The van der Waals surface area contributed by atoms with Crippen LogP contribution >= 0.6 is 0 Å². The first kappa shape index (κ1) is 27.9. The number of anilines is 1. The van der Waals surface area contributed by atoms with E-state index >= 15 is 0 Å². The van der Waals surface area contributed by atoms with Gasteiger partial charge in [0.1, 0.15) is 5.52 Å². The monoisotopic (exact) mass is 547 g/mol. The number of fused-ring (bicyclic) bond motifs is 1. The summed E-state index contributed by atoms with van der Waals surface area (Å²) in [6.45, 7) is 8.53. The number of hydrogen-bond acceptors (Lipinski definition) is 6. The van der Waals surface area contributed by atoms with Crippen LogP contribution < -0.4 is 5.73 Å². The highest BCUT2D eigenvalue weighted by molar-refractivity contribution is 5.95. The number of rotatable bonds is 5. The predicted molar refractivity (Wildman–Crippen MR) is 155 cm³/mol. The van der Waals surface area contributed by atoms with Gasteiger partial charge in [0.25, 0.3) is 12.4 Å². The van der Waals surface area contributed by atoms with Crippen LogP contribution in [0.25, 0.3) is 11.0 Å². The summed E-state index contributed by atoms with van der Waals surface area (Å²) in [6.07, 6.45) is 18.5. The van der Waals surface area contributed by atoms with Crippen LogP contribution in [0.2, 0.25) is 0 Å². The first-order valence-corrected chi connectivity index (χ1v) is 14.4. The van der Waals surface area contributed by atoms with Crippen molar-refractivity contribution in [3.8, 4) is 0 Å². The largest absolute Gasteiger partial charge is 0.483 e. The number of likely N-dealkylation sites (tertiary alicyclic amines) is 2. The summed E-state index contributed by atoms with van der Waals surface area (Å²) in [7, 11) is 0. The molecule has 3 aliphatic rings. The van der Waals surface area contributed by atoms with Crippen LogP contribution in [0.1, 0.15) is 61.5 Å². The van der Waals surface area contributed by atoms with E-state index in [4.69, 9.17) is 15.6 Å². The van der Waals surface area contributed by atoms with E-state index in [1.165, 1.54) is 51.6 Å². The minimum atomic E-state index is -0.250. The van der Waals surface area contributed by atoms with Crippen molar-refractivity contribution in [1.29, 1.82) is 0 Å². The highest BCUT2D eigenvalue weighted by atomic mass is 16.3. The fourth-order valence-corrected chi connectivity index (χ4v) is 6.57. The van der Waals surface area contributed by atoms with Gasteiger partial charge in [-0.3, -0.25) is 14.5 Å². The Kier molecular flexibility index (Phi) is 8.25. The lowest BCUT2D eigenvalue weighted by Crippen LogP contribution is -2.62. The van der Waals surface area contributed by atoms with Gasteiger partial charge in [0.15, 0.2) is 5.82 Å². The van der Waals surface area contributed by atoms with Crippen molar-refractivity contribution in [2.75, 3.05) is 31.9 Å². The molecule has 10 nitrogen and oxygen atoms in total. The summed E-state index contributed by atoms with van der Waals surface area (Å²) in [5.74, 6) is 1.24. The third-order valence-corrected chi connectivity index (χ3v) is 8.68. The molecule has 0 spiro atoms. The van der Waals surface area contributed by atoms with E-state index in [1.807, 2.05) is 36.5 Å². The van der Waals surface area contributed by atoms with Gasteiger partial charge < -0.3 is 24.9 Å². The molecule has 214 valence electrons. The third-order valence-electron chi connectivity index (χ3n) is 8.68. The lowest BCUT2D eigenvalue weighted by Gasteiger charge is -2.48. The van der Waals surface area contributed by atoms with Crippen LogP contribution in [0.4, 0.5) is 5.82 Å². The van der Waals surface area contributed by atoms with E-state index in [0.29, 0.717) is 30.9 Å². The molecule has 0 aromatic carbocycles. The second-order valence-corrected chi connectivity index (χ2v) is 11.8. The third kappa shape index (κ3) is 5.77. The number of aromatic nitrogens is 4. The van der Waals surface area contributed by atoms with Gasteiger partial charge in [-0.15, -0.1) is 0 Å². The van der Waals surface area contributed by atoms with Crippen LogP contribution in [-0.4, -0.2) is 78.6 Å². The van der Waals surface area contributed by atoms with Crippen molar-refractivity contribution in [2.24, 2.45) is 5.92 Å². The quantitative estimate of drug-likeness (QED) is 0.367. The van der Waals surface area contributed by atoms with Gasteiger partial charge >= 0.3 is 0 Å². The summed E-state index contributed by atoms with van der Waals surface area (Å²) in [5.41, 5.74) is 9.24. The van der Waals surface area contributed by atoms with Crippen LogP contribution in [0.15, 0.2) is 43.0 Å². The molecule has 1 aliphatic carbocycles.